The molecule has 6 aromatic rings. The van der Waals surface area contributed by atoms with E-state index in [1.165, 1.54) is 0 Å². The second kappa shape index (κ2) is 22.2. The van der Waals surface area contributed by atoms with Crippen LogP contribution in [0.4, 0.5) is 26.3 Å². The van der Waals surface area contributed by atoms with E-state index < -0.39 is 143 Å². The molecule has 6 heterocycles. The van der Waals surface area contributed by atoms with Crippen LogP contribution in [0.2, 0.25) is 0 Å². The molecule has 6 rings (SSSR count). The van der Waals surface area contributed by atoms with Gasteiger partial charge in [-0.1, -0.05) is 0 Å². The summed E-state index contributed by atoms with van der Waals surface area (Å²) in [6.45, 7) is -3.92. The van der Waals surface area contributed by atoms with Crippen molar-refractivity contribution in [2.75, 3.05) is 19.8 Å². The number of halogens is 6. The number of pyridine rings is 6. The maximum Gasteiger partial charge on any atom is 0.341 e. The van der Waals surface area contributed by atoms with E-state index in [9.17, 15) is 55.1 Å². The first-order valence-electron chi connectivity index (χ1n) is 18.7. The second-order valence-corrected chi connectivity index (χ2v) is 13.2. The van der Waals surface area contributed by atoms with E-state index in [-0.39, 0.29) is 0 Å². The minimum absolute atomic E-state index is 0.463. The third-order valence-electron chi connectivity index (χ3n) is 8.44. The number of ether oxygens (including phenoxy) is 6. The molecule has 19 nitrogen and oxygen atoms in total. The summed E-state index contributed by atoms with van der Waals surface area (Å²) in [7, 11) is 0. The van der Waals surface area contributed by atoms with Crippen molar-refractivity contribution in [1.29, 1.82) is 0 Å². The van der Waals surface area contributed by atoms with Gasteiger partial charge in [0.1, 0.15) is 54.7 Å². The van der Waals surface area contributed by atoms with Crippen molar-refractivity contribution in [3.05, 3.63) is 179 Å². The van der Waals surface area contributed by atoms with Gasteiger partial charge in [0.05, 0.1) is 70.6 Å². The van der Waals surface area contributed by atoms with Crippen LogP contribution in [0.25, 0.3) is 0 Å². The molecule has 67 heavy (non-hydrogen) atoms. The van der Waals surface area contributed by atoms with Gasteiger partial charge in [0.2, 0.25) is 0 Å². The first-order valence-corrected chi connectivity index (χ1v) is 18.7. The van der Waals surface area contributed by atoms with E-state index >= 15 is 0 Å². The third kappa shape index (κ3) is 13.4. The van der Waals surface area contributed by atoms with E-state index in [1.807, 2.05) is 0 Å². The van der Waals surface area contributed by atoms with Crippen LogP contribution in [0.3, 0.4) is 0 Å². The minimum atomic E-state index is -2.41. The van der Waals surface area contributed by atoms with Gasteiger partial charge in [-0.15, -0.1) is 0 Å². The summed E-state index contributed by atoms with van der Waals surface area (Å²) in [6.07, 6.45) is 2.10. The maximum absolute atomic E-state index is 14.4. The Morgan fingerprint density at radius 3 is 0.731 bits per heavy atom. The fourth-order valence-corrected chi connectivity index (χ4v) is 5.51. The number of carbonyl (C=O) groups is 6. The second-order valence-electron chi connectivity index (χ2n) is 13.2. The van der Waals surface area contributed by atoms with Crippen LogP contribution in [-0.4, -0.2) is 109 Å². The molecule has 0 bridgehead atoms. The first-order chi connectivity index (χ1) is 32.1. The lowest BCUT2D eigenvalue weighted by Gasteiger charge is -2.40. The van der Waals surface area contributed by atoms with Crippen molar-refractivity contribution in [3.63, 3.8) is 0 Å². The summed E-state index contributed by atoms with van der Waals surface area (Å²) in [4.78, 5) is 103. The largest absolute Gasteiger partial charge is 0.457 e. The number of aromatic nitrogens is 6. The quantitative estimate of drug-likeness (QED) is 0.0495. The lowest BCUT2D eigenvalue weighted by Crippen LogP contribution is -2.59. The van der Waals surface area contributed by atoms with Crippen molar-refractivity contribution in [2.45, 2.75) is 18.7 Å². The summed E-state index contributed by atoms with van der Waals surface area (Å²) < 4.78 is 119. The van der Waals surface area contributed by atoms with Crippen LogP contribution in [0.1, 0.15) is 62.1 Å². The standard InChI is InChI=1S/C42H27F6N7O12/c43-28-1-22(7-49-13-28)37(56)62-19-34(65-40(59)25-4-31(46)16-52-10-25)55(35(66-41(60)26-5-32(47)17-53-11-26)20-63-38(57)23-2-29(44)14-50-8-23)36(67-42(61)27-6-33(48)18-54-12-27)21-64-39(58)24-3-30(45)15-51-9-24/h1-18,34-36H,19-21H2. The Morgan fingerprint density at radius 2 is 0.537 bits per heavy atom. The lowest BCUT2D eigenvalue weighted by molar-refractivity contribution is -0.208. The molecule has 0 radical (unpaired) electrons. The van der Waals surface area contributed by atoms with E-state index in [4.69, 9.17) is 28.4 Å². The topological polar surface area (TPSA) is 238 Å². The predicted molar refractivity (Wildman–Crippen MR) is 205 cm³/mol. The van der Waals surface area contributed by atoms with Crippen LogP contribution in [0.5, 0.6) is 0 Å². The van der Waals surface area contributed by atoms with Crippen LogP contribution in [0, 0.1) is 34.9 Å². The first kappa shape index (κ1) is 47.7. The maximum atomic E-state index is 14.4. The highest BCUT2D eigenvalue weighted by atomic mass is 19.1. The molecule has 3 atom stereocenters. The normalized spacial score (nSPS) is 12.2. The number of carbonyl (C=O) groups excluding carboxylic acids is 6. The molecular formula is C42H27F6N7O12. The molecule has 0 saturated heterocycles. The molecular weight excluding hydrogens is 908 g/mol. The van der Waals surface area contributed by atoms with Crippen molar-refractivity contribution >= 4 is 35.8 Å². The Hall–Kier alpha value is -8.74. The van der Waals surface area contributed by atoms with Gasteiger partial charge in [-0.05, 0) is 36.4 Å². The average Bonchev–Trinajstić information content (AvgIpc) is 3.31. The molecule has 0 saturated carbocycles. The van der Waals surface area contributed by atoms with E-state index in [2.05, 4.69) is 29.9 Å². The highest BCUT2D eigenvalue weighted by Crippen LogP contribution is 2.23. The molecule has 0 N–H and O–H groups in total. The minimum Gasteiger partial charge on any atom is -0.457 e. The lowest BCUT2D eigenvalue weighted by atomic mass is 10.2. The highest BCUT2D eigenvalue weighted by molar-refractivity contribution is 5.92. The van der Waals surface area contributed by atoms with E-state index in [1.54, 1.807) is 0 Å². The van der Waals surface area contributed by atoms with Crippen molar-refractivity contribution in [2.24, 2.45) is 0 Å². The van der Waals surface area contributed by atoms with Gasteiger partial charge < -0.3 is 28.4 Å². The number of rotatable bonds is 18. The Labute approximate surface area is 371 Å². The molecule has 0 fully saturated rings. The summed E-state index contributed by atoms with van der Waals surface area (Å²) >= 11 is 0. The molecule has 0 aliphatic rings. The van der Waals surface area contributed by atoms with E-state index in [0.717, 1.165) is 55.8 Å². The van der Waals surface area contributed by atoms with Crippen molar-refractivity contribution < 1.29 is 83.5 Å². The summed E-state index contributed by atoms with van der Waals surface area (Å²) in [5, 5.41) is 0. The molecule has 0 spiro atoms. The van der Waals surface area contributed by atoms with Gasteiger partial charge in [-0.2, -0.15) is 4.90 Å². The molecule has 6 aromatic heterocycles. The van der Waals surface area contributed by atoms with Crippen molar-refractivity contribution in [1.82, 2.24) is 34.8 Å². The van der Waals surface area contributed by atoms with Crippen LogP contribution < -0.4 is 0 Å². The zero-order chi connectivity index (χ0) is 48.0. The fourth-order valence-electron chi connectivity index (χ4n) is 5.51. The van der Waals surface area contributed by atoms with Crippen LogP contribution in [-0.2, 0) is 28.4 Å². The Kier molecular flexibility index (Phi) is 15.8. The van der Waals surface area contributed by atoms with Crippen LogP contribution >= 0.6 is 0 Å². The van der Waals surface area contributed by atoms with Gasteiger partial charge >= 0.3 is 35.8 Å². The Balaban J connectivity index is 1.52. The number of hydrogen-bond acceptors (Lipinski definition) is 19. The smallest absolute Gasteiger partial charge is 0.341 e. The van der Waals surface area contributed by atoms with Crippen LogP contribution in [0.15, 0.2) is 111 Å². The zero-order valence-electron chi connectivity index (χ0n) is 33.5. The van der Waals surface area contributed by atoms with Gasteiger partial charge in [0, 0.05) is 37.2 Å². The monoisotopic (exact) mass is 935 g/mol. The van der Waals surface area contributed by atoms with Gasteiger partial charge in [-0.3, -0.25) is 29.9 Å². The van der Waals surface area contributed by atoms with Gasteiger partial charge in [-0.25, -0.2) is 55.1 Å². The Morgan fingerprint density at radius 1 is 0.343 bits per heavy atom. The molecule has 25 heteroatoms. The predicted octanol–water partition coefficient (Wildman–Crippen LogP) is 4.61. The molecule has 0 aliphatic heterocycles. The number of esters is 6. The number of nitrogens with zero attached hydrogens (tertiary/aromatic N) is 7. The highest BCUT2D eigenvalue weighted by Gasteiger charge is 2.43. The molecule has 0 aliphatic carbocycles. The summed E-state index contributed by atoms with van der Waals surface area (Å²) in [5.74, 6) is -15.0. The Bertz CT molecular complexity index is 2520. The molecule has 344 valence electrons. The average molecular weight is 936 g/mol. The van der Waals surface area contributed by atoms with Crippen molar-refractivity contribution in [3.8, 4) is 0 Å². The van der Waals surface area contributed by atoms with E-state index in [0.29, 0.717) is 59.9 Å². The molecule has 3 unspecified atom stereocenters. The summed E-state index contributed by atoms with van der Waals surface area (Å²) in [6, 6.07) is 3.95. The molecule has 0 aromatic carbocycles. The SMILES string of the molecule is O=C(OCC(OC(=O)c1cncc(F)c1)N(C(COC(=O)c1cncc(F)c1)OC(=O)c1cncc(F)c1)C(COC(=O)c1cncc(F)c1)OC(=O)c1cncc(F)c1)c1cncc(F)c1. The van der Waals surface area contributed by atoms with Gasteiger partial charge in [0.15, 0.2) is 18.7 Å². The van der Waals surface area contributed by atoms with Gasteiger partial charge in [0.25, 0.3) is 0 Å². The molecule has 0 amide bonds. The number of hydrogen-bond donors (Lipinski definition) is 0. The summed E-state index contributed by atoms with van der Waals surface area (Å²) in [5.41, 5.74) is -3.53. The fraction of sp³-hybridized carbons (Fsp3) is 0.143. The third-order valence-corrected chi connectivity index (χ3v) is 8.44. The zero-order valence-corrected chi connectivity index (χ0v) is 33.5.